The molecule has 0 bridgehead atoms. The smallest absolute Gasteiger partial charge is 0.244 e. The highest BCUT2D eigenvalue weighted by molar-refractivity contribution is 7.89. The summed E-state index contributed by atoms with van der Waals surface area (Å²) in [6, 6.07) is 4.12. The number of carbonyl (C=O) groups excluding carboxylic acids is 1. The molecule has 24 heavy (non-hydrogen) atoms. The molecule has 0 radical (unpaired) electrons. The van der Waals surface area contributed by atoms with E-state index in [1.165, 1.54) is 7.11 Å². The van der Waals surface area contributed by atoms with Crippen molar-refractivity contribution in [1.82, 2.24) is 9.62 Å². The number of hydrogen-bond donors (Lipinski definition) is 1. The van der Waals surface area contributed by atoms with Gasteiger partial charge in [0.1, 0.15) is 10.6 Å². The molecule has 0 aromatic heterocycles. The van der Waals surface area contributed by atoms with Crippen LogP contribution in [0.3, 0.4) is 0 Å². The van der Waals surface area contributed by atoms with Gasteiger partial charge >= 0.3 is 0 Å². The van der Waals surface area contributed by atoms with Gasteiger partial charge in [-0.05, 0) is 50.3 Å². The minimum absolute atomic E-state index is 0.0527. The van der Waals surface area contributed by atoms with Gasteiger partial charge in [-0.1, -0.05) is 13.0 Å². The van der Waals surface area contributed by atoms with E-state index in [4.69, 9.17) is 4.74 Å². The summed E-state index contributed by atoms with van der Waals surface area (Å²) < 4.78 is 32.9. The second-order valence-corrected chi connectivity index (χ2v) is 8.19. The quantitative estimate of drug-likeness (QED) is 0.877. The van der Waals surface area contributed by atoms with E-state index in [1.54, 1.807) is 30.0 Å². The third-order valence-electron chi connectivity index (χ3n) is 4.41. The van der Waals surface area contributed by atoms with Crippen molar-refractivity contribution in [2.45, 2.75) is 44.6 Å². The van der Waals surface area contributed by atoms with E-state index < -0.39 is 16.1 Å². The van der Waals surface area contributed by atoms with Crippen LogP contribution in [0, 0.1) is 12.8 Å². The fourth-order valence-electron chi connectivity index (χ4n) is 2.84. The van der Waals surface area contributed by atoms with Crippen molar-refractivity contribution in [2.24, 2.45) is 5.92 Å². The average molecular weight is 354 g/mol. The number of sulfonamides is 1. The van der Waals surface area contributed by atoms with Gasteiger partial charge in [0.2, 0.25) is 15.9 Å². The lowest BCUT2D eigenvalue weighted by Gasteiger charge is -2.32. The van der Waals surface area contributed by atoms with Crippen LogP contribution in [0.2, 0.25) is 0 Å². The number of ether oxygens (including phenoxy) is 1. The fraction of sp³-hybridized carbons (Fsp3) is 0.588. The third-order valence-corrected chi connectivity index (χ3v) is 5.97. The van der Waals surface area contributed by atoms with Crippen molar-refractivity contribution in [2.75, 3.05) is 20.2 Å². The molecule has 1 heterocycles. The van der Waals surface area contributed by atoms with Gasteiger partial charge in [0.05, 0.1) is 13.2 Å². The zero-order chi connectivity index (χ0) is 17.9. The number of carbonyl (C=O) groups is 1. The molecule has 134 valence electrons. The summed E-state index contributed by atoms with van der Waals surface area (Å²) in [4.78, 5) is 14.3. The van der Waals surface area contributed by atoms with Crippen LogP contribution in [0.4, 0.5) is 0 Å². The number of piperidine rings is 1. The summed E-state index contributed by atoms with van der Waals surface area (Å²) in [6.07, 6.45) is 1.91. The van der Waals surface area contributed by atoms with Gasteiger partial charge < -0.3 is 9.64 Å². The second-order valence-electron chi connectivity index (χ2n) is 6.51. The molecule has 0 saturated carbocycles. The minimum Gasteiger partial charge on any atom is -0.495 e. The van der Waals surface area contributed by atoms with Crippen molar-refractivity contribution in [1.29, 1.82) is 0 Å². The predicted octanol–water partition coefficient (Wildman–Crippen LogP) is 1.93. The highest BCUT2D eigenvalue weighted by Crippen LogP contribution is 2.25. The fourth-order valence-corrected chi connectivity index (χ4v) is 4.29. The molecule has 1 aliphatic rings. The zero-order valence-electron chi connectivity index (χ0n) is 14.7. The van der Waals surface area contributed by atoms with E-state index in [9.17, 15) is 13.2 Å². The van der Waals surface area contributed by atoms with E-state index in [0.717, 1.165) is 18.4 Å². The first-order chi connectivity index (χ1) is 11.2. The molecule has 1 N–H and O–H groups in total. The normalized spacial score (nSPS) is 17.6. The van der Waals surface area contributed by atoms with Gasteiger partial charge in [0, 0.05) is 13.1 Å². The molecule has 1 saturated heterocycles. The van der Waals surface area contributed by atoms with Crippen LogP contribution in [-0.2, 0) is 14.8 Å². The van der Waals surface area contributed by atoms with Crippen molar-refractivity contribution < 1.29 is 17.9 Å². The maximum atomic E-state index is 12.7. The lowest BCUT2D eigenvalue weighted by atomic mass is 9.99. The summed E-state index contributed by atoms with van der Waals surface area (Å²) in [5.41, 5.74) is 0.806. The van der Waals surface area contributed by atoms with Crippen LogP contribution in [0.15, 0.2) is 23.1 Å². The minimum atomic E-state index is -3.84. The molecule has 6 nitrogen and oxygen atoms in total. The van der Waals surface area contributed by atoms with Crippen molar-refractivity contribution >= 4 is 15.9 Å². The molecule has 0 unspecified atom stereocenters. The van der Waals surface area contributed by atoms with Crippen LogP contribution in [-0.4, -0.2) is 45.5 Å². The maximum absolute atomic E-state index is 12.7. The van der Waals surface area contributed by atoms with E-state index in [1.807, 2.05) is 6.92 Å². The SMILES string of the molecule is COc1ccc(C)cc1S(=O)(=O)N[C@H](C)C(=O)N1CCC(C)CC1. The van der Waals surface area contributed by atoms with Crippen LogP contribution < -0.4 is 9.46 Å². The molecule has 1 atom stereocenters. The Hall–Kier alpha value is -1.60. The Bertz CT molecular complexity index is 695. The highest BCUT2D eigenvalue weighted by Gasteiger charge is 2.29. The number of hydrogen-bond acceptors (Lipinski definition) is 4. The Labute approximate surface area is 144 Å². The predicted molar refractivity (Wildman–Crippen MR) is 92.5 cm³/mol. The molecule has 1 amide bonds. The lowest BCUT2D eigenvalue weighted by Crippen LogP contribution is -2.49. The highest BCUT2D eigenvalue weighted by atomic mass is 32.2. The van der Waals surface area contributed by atoms with Crippen molar-refractivity contribution in [3.05, 3.63) is 23.8 Å². The standard InChI is InChI=1S/C17H26N2O4S/c1-12-7-9-19(10-8-12)17(20)14(3)18-24(21,22)16-11-13(2)5-6-15(16)23-4/h5-6,11-12,14,18H,7-10H2,1-4H3/t14-/m1/s1. The van der Waals surface area contributed by atoms with Crippen LogP contribution in [0.1, 0.15) is 32.3 Å². The second kappa shape index (κ2) is 7.53. The van der Waals surface area contributed by atoms with Gasteiger partial charge in [-0.2, -0.15) is 4.72 Å². The first-order valence-electron chi connectivity index (χ1n) is 8.20. The number of aryl methyl sites for hydroxylation is 1. The Kier molecular flexibility index (Phi) is 5.87. The Balaban J connectivity index is 2.14. The van der Waals surface area contributed by atoms with Crippen molar-refractivity contribution in [3.63, 3.8) is 0 Å². The lowest BCUT2D eigenvalue weighted by molar-refractivity contribution is -0.133. The van der Waals surface area contributed by atoms with Gasteiger partial charge in [0.15, 0.2) is 0 Å². The molecule has 1 aromatic carbocycles. The van der Waals surface area contributed by atoms with Crippen LogP contribution >= 0.6 is 0 Å². The summed E-state index contributed by atoms with van der Waals surface area (Å²) >= 11 is 0. The van der Waals surface area contributed by atoms with E-state index in [-0.39, 0.29) is 16.6 Å². The van der Waals surface area contributed by atoms with E-state index in [0.29, 0.717) is 19.0 Å². The molecule has 2 rings (SSSR count). The van der Waals surface area contributed by atoms with Crippen LogP contribution in [0.25, 0.3) is 0 Å². The Morgan fingerprint density at radius 3 is 2.54 bits per heavy atom. The zero-order valence-corrected chi connectivity index (χ0v) is 15.5. The van der Waals surface area contributed by atoms with Gasteiger partial charge in [-0.3, -0.25) is 4.79 Å². The number of methoxy groups -OCH3 is 1. The van der Waals surface area contributed by atoms with Crippen LogP contribution in [0.5, 0.6) is 5.75 Å². The van der Waals surface area contributed by atoms with E-state index in [2.05, 4.69) is 11.6 Å². The topological polar surface area (TPSA) is 75.7 Å². The molecule has 0 aliphatic carbocycles. The molecule has 1 fully saturated rings. The number of rotatable bonds is 5. The largest absolute Gasteiger partial charge is 0.495 e. The third kappa shape index (κ3) is 4.27. The number of likely N-dealkylation sites (tertiary alicyclic amines) is 1. The molecule has 7 heteroatoms. The molecular weight excluding hydrogens is 328 g/mol. The summed E-state index contributed by atoms with van der Waals surface area (Å²) in [5.74, 6) is 0.689. The number of amides is 1. The summed E-state index contributed by atoms with van der Waals surface area (Å²) in [6.45, 7) is 6.92. The average Bonchev–Trinajstić information content (AvgIpc) is 2.54. The molecular formula is C17H26N2O4S. The summed E-state index contributed by atoms with van der Waals surface area (Å²) in [7, 11) is -2.42. The monoisotopic (exact) mass is 354 g/mol. The first kappa shape index (κ1) is 18.7. The number of benzene rings is 1. The molecule has 1 aromatic rings. The Morgan fingerprint density at radius 1 is 1.33 bits per heavy atom. The van der Waals surface area contributed by atoms with Gasteiger partial charge in [-0.25, -0.2) is 8.42 Å². The Morgan fingerprint density at radius 2 is 1.96 bits per heavy atom. The first-order valence-corrected chi connectivity index (χ1v) is 9.68. The number of nitrogens with zero attached hydrogens (tertiary/aromatic N) is 1. The number of nitrogens with one attached hydrogen (secondary N) is 1. The van der Waals surface area contributed by atoms with Gasteiger partial charge in [0.25, 0.3) is 0 Å². The van der Waals surface area contributed by atoms with Crippen molar-refractivity contribution in [3.8, 4) is 5.75 Å². The summed E-state index contributed by atoms with van der Waals surface area (Å²) in [5, 5.41) is 0. The van der Waals surface area contributed by atoms with Gasteiger partial charge in [-0.15, -0.1) is 0 Å². The molecule has 1 aliphatic heterocycles. The molecule has 0 spiro atoms. The van der Waals surface area contributed by atoms with E-state index >= 15 is 0 Å². The maximum Gasteiger partial charge on any atom is 0.244 e.